The van der Waals surface area contributed by atoms with Crippen molar-refractivity contribution < 1.29 is 0 Å². The Kier molecular flexibility index (Phi) is 9.41. The minimum Gasteiger partial charge on any atom is -0.333 e. The van der Waals surface area contributed by atoms with E-state index in [1.54, 1.807) is 0 Å². The predicted molar refractivity (Wildman–Crippen MR) is 270 cm³/mol. The van der Waals surface area contributed by atoms with Gasteiger partial charge in [-0.05, 0) is 127 Å². The fourth-order valence-corrected chi connectivity index (χ4v) is 10.2. The third-order valence-corrected chi connectivity index (χ3v) is 13.1. The number of rotatable bonds is 9. The molecule has 0 saturated heterocycles. The first kappa shape index (κ1) is 37.7. The average Bonchev–Trinajstić information content (AvgIpc) is 3.88. The number of hydrogen-bond acceptors (Lipinski definition) is 3. The first-order valence-corrected chi connectivity index (χ1v) is 22.4. The highest BCUT2D eigenvalue weighted by Crippen LogP contribution is 2.50. The number of allylic oxidation sites excluding steroid dienone is 6. The molecule has 0 saturated carbocycles. The van der Waals surface area contributed by atoms with Crippen LogP contribution < -0.4 is 14.7 Å². The molecule has 1 unspecified atom stereocenters. The Hall–Kier alpha value is -8.08. The summed E-state index contributed by atoms with van der Waals surface area (Å²) in [6.45, 7) is 0. The molecule has 1 aromatic heterocycles. The third-order valence-electron chi connectivity index (χ3n) is 13.1. The molecule has 9 aromatic rings. The van der Waals surface area contributed by atoms with Crippen LogP contribution in [0.3, 0.4) is 0 Å². The number of aromatic nitrogens is 1. The Morgan fingerprint density at radius 3 is 1.73 bits per heavy atom. The second kappa shape index (κ2) is 16.0. The van der Waals surface area contributed by atoms with Crippen LogP contribution in [0, 0.1) is 0 Å². The van der Waals surface area contributed by atoms with Gasteiger partial charge in [0.2, 0.25) is 0 Å². The third kappa shape index (κ3) is 6.54. The number of benzene rings is 8. The van der Waals surface area contributed by atoms with Crippen LogP contribution in [-0.2, 0) is 0 Å². The molecule has 0 N–H and O–H groups in total. The first-order valence-electron chi connectivity index (χ1n) is 22.4. The Morgan fingerprint density at radius 2 is 1.03 bits per heavy atom. The summed E-state index contributed by atoms with van der Waals surface area (Å²) < 4.78 is 2.44. The van der Waals surface area contributed by atoms with Gasteiger partial charge in [-0.1, -0.05) is 140 Å². The van der Waals surface area contributed by atoms with Crippen LogP contribution in [-0.4, -0.2) is 10.6 Å². The fraction of sp³-hybridized carbons (Fsp3) is 0.0667. The fourth-order valence-electron chi connectivity index (χ4n) is 10.2. The summed E-state index contributed by atoms with van der Waals surface area (Å²) in [5, 5.41) is 2.53. The highest BCUT2D eigenvalue weighted by molar-refractivity contribution is 6.11. The van der Waals surface area contributed by atoms with Crippen molar-refractivity contribution in [3.8, 4) is 11.1 Å². The molecule has 0 fully saturated rings. The molecule has 64 heavy (non-hydrogen) atoms. The number of anilines is 7. The lowest BCUT2D eigenvalue weighted by atomic mass is 9.93. The van der Waals surface area contributed by atoms with Crippen LogP contribution in [0.1, 0.15) is 24.8 Å². The largest absolute Gasteiger partial charge is 0.333 e. The maximum absolute atomic E-state index is 2.52. The van der Waals surface area contributed by atoms with Crippen molar-refractivity contribution in [3.63, 3.8) is 0 Å². The predicted octanol–water partition coefficient (Wildman–Crippen LogP) is 16.2. The number of para-hydroxylation sites is 5. The van der Waals surface area contributed by atoms with Crippen molar-refractivity contribution in [2.45, 2.75) is 25.3 Å². The van der Waals surface area contributed by atoms with Gasteiger partial charge in [0.25, 0.3) is 0 Å². The van der Waals surface area contributed by atoms with Crippen molar-refractivity contribution >= 4 is 72.9 Å². The van der Waals surface area contributed by atoms with Crippen LogP contribution in [0.15, 0.2) is 242 Å². The smallest absolute Gasteiger partial charge is 0.0653 e. The lowest BCUT2D eigenvalue weighted by molar-refractivity contribution is 0.782. The zero-order chi connectivity index (χ0) is 42.4. The van der Waals surface area contributed by atoms with E-state index in [4.69, 9.17) is 0 Å². The maximum atomic E-state index is 2.52. The molecule has 2 heterocycles. The molecule has 1 atom stereocenters. The summed E-state index contributed by atoms with van der Waals surface area (Å²) in [7, 11) is 0. The topological polar surface area (TPSA) is 14.7 Å². The highest BCUT2D eigenvalue weighted by atomic mass is 15.2. The van der Waals surface area contributed by atoms with E-state index in [1.165, 1.54) is 66.8 Å². The molecule has 12 rings (SSSR count). The summed E-state index contributed by atoms with van der Waals surface area (Å²) in [6, 6.07) is 75.2. The van der Waals surface area contributed by atoms with Crippen LogP contribution in [0.25, 0.3) is 44.2 Å². The zero-order valence-corrected chi connectivity index (χ0v) is 35.5. The molecule has 3 aliphatic rings. The minimum absolute atomic E-state index is 0.192. The summed E-state index contributed by atoms with van der Waals surface area (Å²) in [4.78, 5) is 7.33. The second-order valence-electron chi connectivity index (χ2n) is 16.8. The summed E-state index contributed by atoms with van der Waals surface area (Å²) >= 11 is 0. The monoisotopic (exact) mass is 822 g/mol. The molecule has 8 aromatic carbocycles. The molecule has 0 radical (unpaired) electrons. The van der Waals surface area contributed by atoms with Gasteiger partial charge in [-0.15, -0.1) is 0 Å². The SMILES string of the molecule is C1=CC(n2c3ccccc3c3ccc(N(c4ccccc4)c4ccc(-c5ccc(N(C6=CC=C7c8ccccc8N(c8ccccc8)C7C6)c6ccccc6)cc5)cc4)cc32)=CCC1. The van der Waals surface area contributed by atoms with Gasteiger partial charge in [0.05, 0.1) is 17.1 Å². The van der Waals surface area contributed by atoms with E-state index in [0.29, 0.717) is 0 Å². The molecule has 0 amide bonds. The van der Waals surface area contributed by atoms with Gasteiger partial charge in [0, 0.05) is 74.0 Å². The van der Waals surface area contributed by atoms with Crippen LogP contribution >= 0.6 is 0 Å². The minimum atomic E-state index is 0.192. The van der Waals surface area contributed by atoms with Crippen LogP contribution in [0.4, 0.5) is 39.8 Å². The van der Waals surface area contributed by atoms with Crippen molar-refractivity contribution in [3.05, 3.63) is 248 Å². The van der Waals surface area contributed by atoms with E-state index in [-0.39, 0.29) is 6.04 Å². The molecule has 0 bridgehead atoms. The Bertz CT molecular complexity index is 3280. The van der Waals surface area contributed by atoms with Gasteiger partial charge >= 0.3 is 0 Å². The van der Waals surface area contributed by atoms with E-state index < -0.39 is 0 Å². The van der Waals surface area contributed by atoms with Crippen LogP contribution in [0.5, 0.6) is 0 Å². The Balaban J connectivity index is 0.879. The molecular weight excluding hydrogens is 777 g/mol. The van der Waals surface area contributed by atoms with E-state index in [1.807, 2.05) is 0 Å². The van der Waals surface area contributed by atoms with Crippen LogP contribution in [0.2, 0.25) is 0 Å². The Morgan fingerprint density at radius 1 is 0.453 bits per heavy atom. The summed E-state index contributed by atoms with van der Waals surface area (Å²) in [6.07, 6.45) is 14.6. The highest BCUT2D eigenvalue weighted by Gasteiger charge is 2.37. The number of hydrogen-bond donors (Lipinski definition) is 0. The number of fused-ring (bicyclic) bond motifs is 6. The molecule has 2 aliphatic carbocycles. The van der Waals surface area contributed by atoms with E-state index >= 15 is 0 Å². The molecular formula is C60H46N4. The molecule has 4 heteroatoms. The lowest BCUT2D eigenvalue weighted by Gasteiger charge is -2.35. The van der Waals surface area contributed by atoms with Crippen molar-refractivity contribution in [1.82, 2.24) is 4.57 Å². The van der Waals surface area contributed by atoms with E-state index in [0.717, 1.165) is 47.7 Å². The molecule has 306 valence electrons. The van der Waals surface area contributed by atoms with Gasteiger partial charge in [-0.2, -0.15) is 0 Å². The summed E-state index contributed by atoms with van der Waals surface area (Å²) in [5.41, 5.74) is 18.1. The molecule has 0 spiro atoms. The molecule has 4 nitrogen and oxygen atoms in total. The quantitative estimate of drug-likeness (QED) is 0.144. The zero-order valence-electron chi connectivity index (χ0n) is 35.5. The van der Waals surface area contributed by atoms with Crippen molar-refractivity contribution in [2.24, 2.45) is 0 Å². The van der Waals surface area contributed by atoms with Gasteiger partial charge < -0.3 is 19.3 Å². The lowest BCUT2D eigenvalue weighted by Crippen LogP contribution is -2.31. The van der Waals surface area contributed by atoms with Crippen molar-refractivity contribution in [2.75, 3.05) is 14.7 Å². The van der Waals surface area contributed by atoms with Gasteiger partial charge in [-0.3, -0.25) is 0 Å². The second-order valence-corrected chi connectivity index (χ2v) is 16.8. The van der Waals surface area contributed by atoms with Gasteiger partial charge in [0.15, 0.2) is 0 Å². The van der Waals surface area contributed by atoms with Gasteiger partial charge in [0.1, 0.15) is 0 Å². The maximum Gasteiger partial charge on any atom is 0.0653 e. The first-order chi connectivity index (χ1) is 31.8. The molecule has 1 aliphatic heterocycles. The number of nitrogens with zero attached hydrogens (tertiary/aromatic N) is 4. The standard InChI is InChI=1S/C60H46N4/c1-5-17-45(18-6-1)61(51-37-39-55-53-25-13-15-27-57(53)63(59(55)41-51)47-21-9-3-10-22-47)49-33-29-43(30-34-49)44-31-35-50(36-32-44)62(46-19-7-2-8-20-46)52-38-40-56-54-26-14-16-28-58(54)64(60(56)42-52)48-23-11-4-12-24-48/h1-3,5-11,13-40,42,59H,4,12,41H2. The van der Waals surface area contributed by atoms with Crippen molar-refractivity contribution in [1.29, 1.82) is 0 Å². The summed E-state index contributed by atoms with van der Waals surface area (Å²) in [5.74, 6) is 0. The average molecular weight is 823 g/mol. The van der Waals surface area contributed by atoms with Gasteiger partial charge in [-0.25, -0.2) is 0 Å². The van der Waals surface area contributed by atoms with E-state index in [2.05, 4.69) is 256 Å². The Labute approximate surface area is 374 Å². The normalized spacial score (nSPS) is 15.3. The van der Waals surface area contributed by atoms with E-state index in [9.17, 15) is 0 Å².